The molecule has 0 heterocycles. The molecule has 0 spiro atoms. The second-order valence-electron chi connectivity index (χ2n) is 4.93. The Morgan fingerprint density at radius 3 is 2.25 bits per heavy atom. The maximum absolute atomic E-state index is 5.39. The summed E-state index contributed by atoms with van der Waals surface area (Å²) in [5.41, 5.74) is 5.39. The van der Waals surface area contributed by atoms with Crippen LogP contribution in [0.15, 0.2) is 0 Å². The van der Waals surface area contributed by atoms with Gasteiger partial charge in [-0.05, 0) is 25.3 Å². The number of nitrogens with two attached hydrogens (primary N) is 1. The Hall–Kier alpha value is -0.120. The molecule has 0 amide bonds. The van der Waals surface area contributed by atoms with Gasteiger partial charge in [0.05, 0.1) is 0 Å². The van der Waals surface area contributed by atoms with E-state index >= 15 is 0 Å². The van der Waals surface area contributed by atoms with Crippen molar-refractivity contribution >= 4 is 0 Å². The molecule has 1 rings (SSSR count). The van der Waals surface area contributed by atoms with Crippen molar-refractivity contribution in [2.45, 2.75) is 44.9 Å². The van der Waals surface area contributed by atoms with Crippen molar-refractivity contribution in [2.24, 2.45) is 11.7 Å². The van der Waals surface area contributed by atoms with Crippen LogP contribution in [0.25, 0.3) is 0 Å². The van der Waals surface area contributed by atoms with Gasteiger partial charge in [0, 0.05) is 26.2 Å². The van der Waals surface area contributed by atoms with Crippen LogP contribution in [0.4, 0.5) is 0 Å². The molecule has 0 aromatic heterocycles. The lowest BCUT2D eigenvalue weighted by Crippen LogP contribution is -2.31. The number of nitrogens with one attached hydrogen (secondary N) is 2. The van der Waals surface area contributed by atoms with Gasteiger partial charge in [-0.1, -0.05) is 32.1 Å². The zero-order valence-corrected chi connectivity index (χ0v) is 10.6. The smallest absolute Gasteiger partial charge is 0.00772 e. The van der Waals surface area contributed by atoms with Crippen molar-refractivity contribution in [3.05, 3.63) is 0 Å². The lowest BCUT2D eigenvalue weighted by Gasteiger charge is -2.21. The lowest BCUT2D eigenvalue weighted by atomic mass is 9.86. The molecular formula is C13H29N3. The van der Waals surface area contributed by atoms with Crippen molar-refractivity contribution in [3.8, 4) is 0 Å². The molecule has 3 nitrogen and oxygen atoms in total. The third kappa shape index (κ3) is 7.20. The van der Waals surface area contributed by atoms with Gasteiger partial charge in [-0.3, -0.25) is 0 Å². The number of hydrogen-bond donors (Lipinski definition) is 3. The Balaban J connectivity index is 1.77. The van der Waals surface area contributed by atoms with Gasteiger partial charge in [-0.15, -0.1) is 0 Å². The normalized spacial score (nSPS) is 17.8. The molecule has 1 aliphatic rings. The molecule has 16 heavy (non-hydrogen) atoms. The third-order valence-corrected chi connectivity index (χ3v) is 3.49. The highest BCUT2D eigenvalue weighted by Crippen LogP contribution is 2.26. The molecule has 0 aromatic carbocycles. The SMILES string of the molecule is NCCNCCNCCCC1CCCCC1. The first-order valence-corrected chi connectivity index (χ1v) is 7.05. The first-order valence-electron chi connectivity index (χ1n) is 7.05. The summed E-state index contributed by atoms with van der Waals surface area (Å²) in [4.78, 5) is 0. The fourth-order valence-electron chi connectivity index (χ4n) is 2.52. The van der Waals surface area contributed by atoms with Crippen molar-refractivity contribution in [3.63, 3.8) is 0 Å². The predicted octanol–water partition coefficient (Wildman–Crippen LogP) is 1.48. The van der Waals surface area contributed by atoms with E-state index in [4.69, 9.17) is 5.73 Å². The minimum Gasteiger partial charge on any atom is -0.329 e. The lowest BCUT2D eigenvalue weighted by molar-refractivity contribution is 0.330. The molecule has 0 atom stereocenters. The second kappa shape index (κ2) is 10.1. The van der Waals surface area contributed by atoms with E-state index in [2.05, 4.69) is 10.6 Å². The maximum atomic E-state index is 5.39. The van der Waals surface area contributed by atoms with Crippen LogP contribution in [-0.2, 0) is 0 Å². The van der Waals surface area contributed by atoms with Gasteiger partial charge in [0.1, 0.15) is 0 Å². The largest absolute Gasteiger partial charge is 0.329 e. The summed E-state index contributed by atoms with van der Waals surface area (Å²) < 4.78 is 0. The summed E-state index contributed by atoms with van der Waals surface area (Å²) >= 11 is 0. The fourth-order valence-corrected chi connectivity index (χ4v) is 2.52. The van der Waals surface area contributed by atoms with E-state index in [0.717, 1.165) is 32.1 Å². The van der Waals surface area contributed by atoms with Gasteiger partial charge >= 0.3 is 0 Å². The third-order valence-electron chi connectivity index (χ3n) is 3.49. The van der Waals surface area contributed by atoms with Gasteiger partial charge in [-0.2, -0.15) is 0 Å². The predicted molar refractivity (Wildman–Crippen MR) is 70.6 cm³/mol. The standard InChI is InChI=1S/C13H29N3/c14-8-10-16-12-11-15-9-4-7-13-5-2-1-3-6-13/h13,15-16H,1-12,14H2. The maximum Gasteiger partial charge on any atom is 0.00772 e. The molecule has 1 fully saturated rings. The number of rotatable bonds is 9. The van der Waals surface area contributed by atoms with E-state index in [1.54, 1.807) is 0 Å². The van der Waals surface area contributed by atoms with Crippen molar-refractivity contribution in [1.29, 1.82) is 0 Å². The summed E-state index contributed by atoms with van der Waals surface area (Å²) in [6, 6.07) is 0. The molecule has 0 aliphatic heterocycles. The summed E-state index contributed by atoms with van der Waals surface area (Å²) in [7, 11) is 0. The summed E-state index contributed by atoms with van der Waals surface area (Å²) in [6.07, 6.45) is 10.2. The van der Waals surface area contributed by atoms with E-state index in [-0.39, 0.29) is 0 Å². The Labute approximate surface area is 101 Å². The summed E-state index contributed by atoms with van der Waals surface area (Å²) in [5.74, 6) is 1.03. The number of hydrogen-bond acceptors (Lipinski definition) is 3. The van der Waals surface area contributed by atoms with E-state index < -0.39 is 0 Å². The van der Waals surface area contributed by atoms with Crippen LogP contribution < -0.4 is 16.4 Å². The Morgan fingerprint density at radius 2 is 1.56 bits per heavy atom. The first kappa shape index (κ1) is 13.9. The van der Waals surface area contributed by atoms with Crippen molar-refractivity contribution < 1.29 is 0 Å². The highest BCUT2D eigenvalue weighted by atomic mass is 14.9. The molecule has 3 heteroatoms. The van der Waals surface area contributed by atoms with E-state index in [9.17, 15) is 0 Å². The van der Waals surface area contributed by atoms with Crippen LogP contribution in [0.5, 0.6) is 0 Å². The molecule has 1 aliphatic carbocycles. The molecule has 0 bridgehead atoms. The molecule has 0 saturated heterocycles. The zero-order chi connectivity index (χ0) is 11.5. The molecular weight excluding hydrogens is 198 g/mol. The van der Waals surface area contributed by atoms with E-state index in [1.807, 2.05) is 0 Å². The molecule has 0 unspecified atom stereocenters. The quantitative estimate of drug-likeness (QED) is 0.523. The first-order chi connectivity index (χ1) is 7.93. The zero-order valence-electron chi connectivity index (χ0n) is 10.6. The second-order valence-corrected chi connectivity index (χ2v) is 4.93. The van der Waals surface area contributed by atoms with Crippen molar-refractivity contribution in [1.82, 2.24) is 10.6 Å². The fraction of sp³-hybridized carbons (Fsp3) is 1.00. The Kier molecular flexibility index (Phi) is 8.77. The minimum atomic E-state index is 0.738. The Bertz CT molecular complexity index is 144. The van der Waals surface area contributed by atoms with E-state index in [1.165, 1.54) is 51.5 Å². The molecule has 96 valence electrons. The van der Waals surface area contributed by atoms with Crippen LogP contribution in [0.3, 0.4) is 0 Å². The van der Waals surface area contributed by atoms with Gasteiger partial charge in [-0.25, -0.2) is 0 Å². The van der Waals surface area contributed by atoms with Crippen LogP contribution >= 0.6 is 0 Å². The summed E-state index contributed by atoms with van der Waals surface area (Å²) in [6.45, 7) is 4.97. The molecule has 1 saturated carbocycles. The molecule has 0 aromatic rings. The van der Waals surface area contributed by atoms with Gasteiger partial charge in [0.25, 0.3) is 0 Å². The highest BCUT2D eigenvalue weighted by molar-refractivity contribution is 4.66. The van der Waals surface area contributed by atoms with E-state index in [0.29, 0.717) is 0 Å². The van der Waals surface area contributed by atoms with Gasteiger partial charge in [0.15, 0.2) is 0 Å². The van der Waals surface area contributed by atoms with Crippen molar-refractivity contribution in [2.75, 3.05) is 32.7 Å². The summed E-state index contributed by atoms with van der Waals surface area (Å²) in [5, 5.41) is 6.77. The monoisotopic (exact) mass is 227 g/mol. The van der Waals surface area contributed by atoms with Gasteiger partial charge in [0.2, 0.25) is 0 Å². The van der Waals surface area contributed by atoms with Gasteiger partial charge < -0.3 is 16.4 Å². The molecule has 4 N–H and O–H groups in total. The average Bonchev–Trinajstić information content (AvgIpc) is 2.34. The molecule has 0 radical (unpaired) electrons. The van der Waals surface area contributed by atoms with Crippen LogP contribution in [0.1, 0.15) is 44.9 Å². The minimum absolute atomic E-state index is 0.738. The topological polar surface area (TPSA) is 50.1 Å². The van der Waals surface area contributed by atoms with Crippen LogP contribution in [0.2, 0.25) is 0 Å². The Morgan fingerprint density at radius 1 is 0.875 bits per heavy atom. The average molecular weight is 227 g/mol. The van der Waals surface area contributed by atoms with Crippen LogP contribution in [0, 0.1) is 5.92 Å². The van der Waals surface area contributed by atoms with Crippen LogP contribution in [-0.4, -0.2) is 32.7 Å². The highest BCUT2D eigenvalue weighted by Gasteiger charge is 2.12.